The monoisotopic (exact) mass is 434 g/mol. The summed E-state index contributed by atoms with van der Waals surface area (Å²) in [6.07, 6.45) is 2.78. The minimum atomic E-state index is -0.298. The molecule has 1 saturated heterocycles. The van der Waals surface area contributed by atoms with Gasteiger partial charge in [0.2, 0.25) is 0 Å². The maximum Gasteiger partial charge on any atom is 0.338 e. The number of benzene rings is 1. The fourth-order valence-corrected chi connectivity index (χ4v) is 4.43. The number of pyridine rings is 1. The summed E-state index contributed by atoms with van der Waals surface area (Å²) in [5.74, 6) is -0.298. The molecule has 1 atom stereocenters. The summed E-state index contributed by atoms with van der Waals surface area (Å²) in [5.41, 5.74) is 6.25. The lowest BCUT2D eigenvalue weighted by atomic mass is 10.0. The molecule has 1 fully saturated rings. The normalized spacial score (nSPS) is 15.8. The molecule has 0 spiro atoms. The number of nitrogens with zero attached hydrogens (tertiary/aromatic N) is 2. The van der Waals surface area contributed by atoms with E-state index >= 15 is 0 Å². The topological polar surface area (TPSA) is 60.2 Å². The third-order valence-electron chi connectivity index (χ3n) is 6.12. The SMILES string of the molecule is Cc1c(C(=O)OC(C)C)cc2cc(-c3ccc(C=O)cc3)cn2c1C(C)N1CCOCC1. The largest absolute Gasteiger partial charge is 0.459 e. The highest BCUT2D eigenvalue weighted by Crippen LogP contribution is 2.32. The third kappa shape index (κ3) is 4.33. The van der Waals surface area contributed by atoms with Crippen LogP contribution in [0.1, 0.15) is 58.8 Å². The van der Waals surface area contributed by atoms with Crippen LogP contribution in [0.4, 0.5) is 0 Å². The van der Waals surface area contributed by atoms with Crippen LogP contribution in [0.15, 0.2) is 42.6 Å². The average molecular weight is 435 g/mol. The maximum absolute atomic E-state index is 12.9. The van der Waals surface area contributed by atoms with E-state index in [1.54, 1.807) is 0 Å². The predicted molar refractivity (Wildman–Crippen MR) is 124 cm³/mol. The highest BCUT2D eigenvalue weighted by Gasteiger charge is 2.26. The molecule has 6 nitrogen and oxygen atoms in total. The Morgan fingerprint density at radius 3 is 2.38 bits per heavy atom. The predicted octanol–water partition coefficient (Wildman–Crippen LogP) is 4.69. The van der Waals surface area contributed by atoms with Crippen LogP contribution in [0.25, 0.3) is 16.6 Å². The lowest BCUT2D eigenvalue weighted by molar-refractivity contribution is 0.0186. The van der Waals surface area contributed by atoms with E-state index in [0.717, 1.165) is 47.3 Å². The molecule has 0 saturated carbocycles. The smallest absolute Gasteiger partial charge is 0.338 e. The molecule has 3 heterocycles. The number of hydrogen-bond acceptors (Lipinski definition) is 5. The van der Waals surface area contributed by atoms with Crippen molar-refractivity contribution in [2.45, 2.75) is 39.8 Å². The van der Waals surface area contributed by atoms with Crippen molar-refractivity contribution in [2.24, 2.45) is 0 Å². The second kappa shape index (κ2) is 9.27. The highest BCUT2D eigenvalue weighted by molar-refractivity contribution is 5.93. The highest BCUT2D eigenvalue weighted by atomic mass is 16.5. The molecular formula is C26H30N2O4. The number of ether oxygens (including phenoxy) is 2. The number of hydrogen-bond donors (Lipinski definition) is 0. The molecule has 2 aromatic heterocycles. The van der Waals surface area contributed by atoms with E-state index in [0.29, 0.717) is 24.3 Å². The standard InChI is InChI=1S/C26H30N2O4/c1-17(2)32-26(30)24-14-23-13-22(21-7-5-20(16-29)6-8-21)15-28(23)25(18(24)3)19(4)27-9-11-31-12-10-27/h5-8,13-17,19H,9-12H2,1-4H3. The van der Waals surface area contributed by atoms with E-state index in [1.165, 1.54) is 0 Å². The van der Waals surface area contributed by atoms with Gasteiger partial charge in [-0.15, -0.1) is 0 Å². The summed E-state index contributed by atoms with van der Waals surface area (Å²) < 4.78 is 13.3. The van der Waals surface area contributed by atoms with Gasteiger partial charge in [0.15, 0.2) is 0 Å². The van der Waals surface area contributed by atoms with E-state index in [1.807, 2.05) is 51.1 Å². The van der Waals surface area contributed by atoms with Crippen LogP contribution >= 0.6 is 0 Å². The van der Waals surface area contributed by atoms with Gasteiger partial charge >= 0.3 is 5.97 Å². The van der Waals surface area contributed by atoms with Gasteiger partial charge in [-0.3, -0.25) is 9.69 Å². The number of esters is 1. The Balaban J connectivity index is 1.86. The summed E-state index contributed by atoms with van der Waals surface area (Å²) in [7, 11) is 0. The lowest BCUT2D eigenvalue weighted by Crippen LogP contribution is -2.39. The Morgan fingerprint density at radius 2 is 1.75 bits per heavy atom. The first-order valence-corrected chi connectivity index (χ1v) is 11.1. The molecule has 0 bridgehead atoms. The molecule has 0 radical (unpaired) electrons. The first-order chi connectivity index (χ1) is 15.4. The second-order valence-electron chi connectivity index (χ2n) is 8.61. The summed E-state index contributed by atoms with van der Waals surface area (Å²) in [4.78, 5) is 26.3. The van der Waals surface area contributed by atoms with Crippen LogP contribution in [0.2, 0.25) is 0 Å². The van der Waals surface area contributed by atoms with Gasteiger partial charge in [-0.05, 0) is 51.0 Å². The minimum Gasteiger partial charge on any atom is -0.459 e. The number of carbonyl (C=O) groups excluding carboxylic acids is 2. The zero-order valence-electron chi connectivity index (χ0n) is 19.1. The van der Waals surface area contributed by atoms with Crippen LogP contribution in [0.5, 0.6) is 0 Å². The van der Waals surface area contributed by atoms with Crippen LogP contribution in [0.3, 0.4) is 0 Å². The Kier molecular flexibility index (Phi) is 6.44. The van der Waals surface area contributed by atoms with Crippen molar-refractivity contribution in [3.05, 3.63) is 65.0 Å². The van der Waals surface area contributed by atoms with Crippen molar-refractivity contribution in [1.82, 2.24) is 9.30 Å². The van der Waals surface area contributed by atoms with Gasteiger partial charge in [-0.2, -0.15) is 0 Å². The number of morpholine rings is 1. The van der Waals surface area contributed by atoms with Crippen molar-refractivity contribution in [3.63, 3.8) is 0 Å². The molecule has 32 heavy (non-hydrogen) atoms. The van der Waals surface area contributed by atoms with Crippen molar-refractivity contribution in [3.8, 4) is 11.1 Å². The Morgan fingerprint density at radius 1 is 1.06 bits per heavy atom. The van der Waals surface area contributed by atoms with E-state index in [-0.39, 0.29) is 18.1 Å². The van der Waals surface area contributed by atoms with Gasteiger partial charge in [-0.1, -0.05) is 24.3 Å². The number of fused-ring (bicyclic) bond motifs is 1. The molecule has 0 N–H and O–H groups in total. The molecular weight excluding hydrogens is 404 g/mol. The van der Waals surface area contributed by atoms with E-state index in [2.05, 4.69) is 28.5 Å². The quantitative estimate of drug-likeness (QED) is 0.416. The van der Waals surface area contributed by atoms with Gasteiger partial charge in [0.05, 0.1) is 24.9 Å². The van der Waals surface area contributed by atoms with Crippen molar-refractivity contribution < 1.29 is 19.1 Å². The van der Waals surface area contributed by atoms with Crippen molar-refractivity contribution in [1.29, 1.82) is 0 Å². The molecule has 1 aliphatic heterocycles. The van der Waals surface area contributed by atoms with Crippen LogP contribution < -0.4 is 0 Å². The summed E-state index contributed by atoms with van der Waals surface area (Å²) in [6.45, 7) is 11.0. The zero-order chi connectivity index (χ0) is 22.8. The first kappa shape index (κ1) is 22.2. The van der Waals surface area contributed by atoms with Gasteiger partial charge in [-0.25, -0.2) is 4.79 Å². The molecule has 1 aliphatic rings. The fraction of sp³-hybridized carbons (Fsp3) is 0.385. The maximum atomic E-state index is 12.9. The van der Waals surface area contributed by atoms with Gasteiger partial charge in [0.1, 0.15) is 6.29 Å². The number of aldehydes is 1. The molecule has 168 valence electrons. The summed E-state index contributed by atoms with van der Waals surface area (Å²) in [5, 5.41) is 0. The summed E-state index contributed by atoms with van der Waals surface area (Å²) in [6, 6.07) is 11.6. The van der Waals surface area contributed by atoms with Gasteiger partial charge in [0.25, 0.3) is 0 Å². The van der Waals surface area contributed by atoms with Crippen molar-refractivity contribution >= 4 is 17.8 Å². The molecule has 0 amide bonds. The Bertz CT molecular complexity index is 1120. The first-order valence-electron chi connectivity index (χ1n) is 11.1. The molecule has 4 rings (SSSR count). The van der Waals surface area contributed by atoms with Crippen LogP contribution in [-0.2, 0) is 9.47 Å². The van der Waals surface area contributed by atoms with E-state index < -0.39 is 0 Å². The van der Waals surface area contributed by atoms with E-state index in [4.69, 9.17) is 9.47 Å². The minimum absolute atomic E-state index is 0.103. The molecule has 6 heteroatoms. The zero-order valence-corrected chi connectivity index (χ0v) is 19.1. The molecule has 1 unspecified atom stereocenters. The summed E-state index contributed by atoms with van der Waals surface area (Å²) >= 11 is 0. The van der Waals surface area contributed by atoms with Crippen molar-refractivity contribution in [2.75, 3.05) is 26.3 Å². The number of carbonyl (C=O) groups is 2. The Hall–Kier alpha value is -2.96. The van der Waals surface area contributed by atoms with Crippen LogP contribution in [0, 0.1) is 6.92 Å². The number of aromatic nitrogens is 1. The molecule has 3 aromatic rings. The lowest BCUT2D eigenvalue weighted by Gasteiger charge is -2.34. The molecule has 0 aliphatic carbocycles. The van der Waals surface area contributed by atoms with E-state index in [9.17, 15) is 9.59 Å². The van der Waals surface area contributed by atoms with Crippen LogP contribution in [-0.4, -0.2) is 54.0 Å². The number of rotatable bonds is 6. The fourth-order valence-electron chi connectivity index (χ4n) is 4.43. The van der Waals surface area contributed by atoms with Gasteiger partial charge in [0, 0.05) is 47.7 Å². The average Bonchev–Trinajstić information content (AvgIpc) is 3.22. The molecule has 1 aromatic carbocycles. The third-order valence-corrected chi connectivity index (χ3v) is 6.12. The second-order valence-corrected chi connectivity index (χ2v) is 8.61. The Labute approximate surface area is 188 Å². The van der Waals surface area contributed by atoms with Gasteiger partial charge < -0.3 is 13.9 Å².